The third kappa shape index (κ3) is 5.13. The van der Waals surface area contributed by atoms with E-state index in [1.807, 2.05) is 23.9 Å². The first-order valence-corrected chi connectivity index (χ1v) is 7.05. The van der Waals surface area contributed by atoms with Crippen molar-refractivity contribution in [2.24, 2.45) is 0 Å². The van der Waals surface area contributed by atoms with E-state index in [0.29, 0.717) is 13.1 Å². The van der Waals surface area contributed by atoms with Gasteiger partial charge >= 0.3 is 0 Å². The Morgan fingerprint density at radius 1 is 1.24 bits per heavy atom. The molecule has 0 unspecified atom stereocenters. The van der Waals surface area contributed by atoms with Crippen LogP contribution in [-0.2, 0) is 26.2 Å². The van der Waals surface area contributed by atoms with Crippen LogP contribution in [0.2, 0.25) is 0 Å². The molecule has 0 saturated carbocycles. The van der Waals surface area contributed by atoms with Crippen molar-refractivity contribution in [3.63, 3.8) is 0 Å². The van der Waals surface area contributed by atoms with Gasteiger partial charge in [-0.25, -0.2) is 4.39 Å². The summed E-state index contributed by atoms with van der Waals surface area (Å²) in [5, 5.41) is 12.1. The monoisotopic (exact) mass is 315 g/mol. The normalized spacial score (nSPS) is 10.6. The SMILES string of the molecule is CCCn1nc(C)cc1CNCc1ccn(CCF)n1.Cl. The van der Waals surface area contributed by atoms with Crippen molar-refractivity contribution >= 4 is 12.4 Å². The summed E-state index contributed by atoms with van der Waals surface area (Å²) in [6.07, 6.45) is 2.88. The van der Waals surface area contributed by atoms with Crippen LogP contribution >= 0.6 is 12.4 Å². The Hall–Kier alpha value is -1.40. The minimum absolute atomic E-state index is 0. The van der Waals surface area contributed by atoms with Gasteiger partial charge in [0.05, 0.1) is 23.6 Å². The van der Waals surface area contributed by atoms with Crippen molar-refractivity contribution in [3.8, 4) is 0 Å². The quantitative estimate of drug-likeness (QED) is 0.814. The van der Waals surface area contributed by atoms with Gasteiger partial charge < -0.3 is 5.32 Å². The van der Waals surface area contributed by atoms with Crippen LogP contribution in [0.25, 0.3) is 0 Å². The van der Waals surface area contributed by atoms with Crippen LogP contribution in [0, 0.1) is 6.92 Å². The largest absolute Gasteiger partial charge is 0.305 e. The summed E-state index contributed by atoms with van der Waals surface area (Å²) in [6, 6.07) is 4.02. The highest BCUT2D eigenvalue weighted by Crippen LogP contribution is 2.05. The molecule has 0 aliphatic carbocycles. The molecule has 0 saturated heterocycles. The van der Waals surface area contributed by atoms with Gasteiger partial charge in [-0.15, -0.1) is 12.4 Å². The minimum atomic E-state index is -0.385. The van der Waals surface area contributed by atoms with Crippen LogP contribution in [0.4, 0.5) is 4.39 Å². The second-order valence-electron chi connectivity index (χ2n) is 4.86. The third-order valence-corrected chi connectivity index (χ3v) is 3.04. The Labute approximate surface area is 130 Å². The molecule has 0 radical (unpaired) electrons. The lowest BCUT2D eigenvalue weighted by atomic mass is 10.3. The van der Waals surface area contributed by atoms with Gasteiger partial charge in [0, 0.05) is 25.8 Å². The fourth-order valence-electron chi connectivity index (χ4n) is 2.17. The maximum absolute atomic E-state index is 12.2. The first-order valence-electron chi connectivity index (χ1n) is 7.05. The molecule has 118 valence electrons. The summed E-state index contributed by atoms with van der Waals surface area (Å²) in [5.41, 5.74) is 3.16. The standard InChI is InChI=1S/C14H22FN5.ClH/c1-3-6-20-14(9-12(2)17-20)11-16-10-13-4-7-19(18-13)8-5-15;/h4,7,9,16H,3,5-6,8,10-11H2,1-2H3;1H. The molecule has 0 aliphatic rings. The Bertz CT molecular complexity index is 537. The highest BCUT2D eigenvalue weighted by atomic mass is 35.5. The molecule has 21 heavy (non-hydrogen) atoms. The smallest absolute Gasteiger partial charge is 0.109 e. The van der Waals surface area contributed by atoms with Gasteiger partial charge in [0.25, 0.3) is 0 Å². The van der Waals surface area contributed by atoms with Gasteiger partial charge in [0.2, 0.25) is 0 Å². The topological polar surface area (TPSA) is 47.7 Å². The molecule has 2 rings (SSSR count). The van der Waals surface area contributed by atoms with Gasteiger partial charge in [-0.1, -0.05) is 6.92 Å². The van der Waals surface area contributed by atoms with Crippen molar-refractivity contribution in [2.75, 3.05) is 6.67 Å². The van der Waals surface area contributed by atoms with Gasteiger partial charge in [-0.2, -0.15) is 10.2 Å². The second kappa shape index (κ2) is 8.79. The fourth-order valence-corrected chi connectivity index (χ4v) is 2.17. The van der Waals surface area contributed by atoms with E-state index in [4.69, 9.17) is 0 Å². The van der Waals surface area contributed by atoms with Crippen LogP contribution < -0.4 is 5.32 Å². The van der Waals surface area contributed by atoms with Crippen molar-refractivity contribution in [1.29, 1.82) is 0 Å². The molecular formula is C14H23ClFN5. The van der Waals surface area contributed by atoms with Gasteiger partial charge in [-0.3, -0.25) is 9.36 Å². The predicted molar refractivity (Wildman–Crippen MR) is 83.2 cm³/mol. The minimum Gasteiger partial charge on any atom is -0.305 e. The van der Waals surface area contributed by atoms with E-state index in [9.17, 15) is 4.39 Å². The molecule has 0 fully saturated rings. The van der Waals surface area contributed by atoms with Crippen LogP contribution in [0.5, 0.6) is 0 Å². The summed E-state index contributed by atoms with van der Waals surface area (Å²) in [6.45, 7) is 6.47. The van der Waals surface area contributed by atoms with Crippen LogP contribution in [-0.4, -0.2) is 26.2 Å². The molecular weight excluding hydrogens is 293 g/mol. The number of rotatable bonds is 8. The number of alkyl halides is 1. The van der Waals surface area contributed by atoms with E-state index in [-0.39, 0.29) is 19.1 Å². The molecule has 2 heterocycles. The molecule has 7 heteroatoms. The zero-order valence-corrected chi connectivity index (χ0v) is 13.4. The zero-order valence-electron chi connectivity index (χ0n) is 12.5. The van der Waals surface area contributed by atoms with Crippen molar-refractivity contribution in [3.05, 3.63) is 35.4 Å². The molecule has 0 amide bonds. The first kappa shape index (κ1) is 17.7. The Morgan fingerprint density at radius 3 is 2.76 bits per heavy atom. The molecule has 2 aromatic heterocycles. The third-order valence-electron chi connectivity index (χ3n) is 3.04. The van der Waals surface area contributed by atoms with E-state index >= 15 is 0 Å². The number of halogens is 2. The van der Waals surface area contributed by atoms with E-state index < -0.39 is 0 Å². The van der Waals surface area contributed by atoms with E-state index in [0.717, 1.165) is 30.9 Å². The number of aromatic nitrogens is 4. The summed E-state index contributed by atoms with van der Waals surface area (Å²) in [5.74, 6) is 0. The number of nitrogens with one attached hydrogen (secondary N) is 1. The highest BCUT2D eigenvalue weighted by molar-refractivity contribution is 5.85. The van der Waals surface area contributed by atoms with Crippen molar-refractivity contribution in [1.82, 2.24) is 24.9 Å². The average molecular weight is 316 g/mol. The van der Waals surface area contributed by atoms with Gasteiger partial charge in [-0.05, 0) is 25.5 Å². The summed E-state index contributed by atoms with van der Waals surface area (Å²) < 4.78 is 15.9. The lowest BCUT2D eigenvalue weighted by Gasteiger charge is -2.06. The van der Waals surface area contributed by atoms with Crippen LogP contribution in [0.3, 0.4) is 0 Å². The molecule has 5 nitrogen and oxygen atoms in total. The lowest BCUT2D eigenvalue weighted by molar-refractivity contribution is 0.425. The van der Waals surface area contributed by atoms with Crippen LogP contribution in [0.15, 0.2) is 18.3 Å². The molecule has 0 aromatic carbocycles. The van der Waals surface area contributed by atoms with Crippen molar-refractivity contribution < 1.29 is 4.39 Å². The summed E-state index contributed by atoms with van der Waals surface area (Å²) >= 11 is 0. The molecule has 1 N–H and O–H groups in total. The Kier molecular flexibility index (Phi) is 7.39. The lowest BCUT2D eigenvalue weighted by Crippen LogP contribution is -2.17. The van der Waals surface area contributed by atoms with Gasteiger partial charge in [0.1, 0.15) is 6.67 Å². The molecule has 0 atom stereocenters. The number of hydrogen-bond acceptors (Lipinski definition) is 3. The zero-order chi connectivity index (χ0) is 14.4. The molecule has 0 spiro atoms. The second-order valence-corrected chi connectivity index (χ2v) is 4.86. The average Bonchev–Trinajstić information content (AvgIpc) is 2.98. The Morgan fingerprint density at radius 2 is 2.05 bits per heavy atom. The van der Waals surface area contributed by atoms with Crippen molar-refractivity contribution in [2.45, 2.75) is 46.4 Å². The maximum atomic E-state index is 12.2. The molecule has 0 bridgehead atoms. The fraction of sp³-hybridized carbons (Fsp3) is 0.571. The van der Waals surface area contributed by atoms with E-state index in [1.54, 1.807) is 4.68 Å². The maximum Gasteiger partial charge on any atom is 0.109 e. The molecule has 2 aromatic rings. The highest BCUT2D eigenvalue weighted by Gasteiger charge is 2.05. The Balaban J connectivity index is 0.00000220. The predicted octanol–water partition coefficient (Wildman–Crippen LogP) is 2.48. The number of nitrogens with zero attached hydrogens (tertiary/aromatic N) is 4. The van der Waals surface area contributed by atoms with E-state index in [2.05, 4.69) is 28.5 Å². The summed E-state index contributed by atoms with van der Waals surface area (Å²) in [4.78, 5) is 0. The van der Waals surface area contributed by atoms with Gasteiger partial charge in [0.15, 0.2) is 0 Å². The first-order chi connectivity index (χ1) is 9.72. The van der Waals surface area contributed by atoms with E-state index in [1.165, 1.54) is 5.69 Å². The molecule has 0 aliphatic heterocycles. The summed E-state index contributed by atoms with van der Waals surface area (Å²) in [7, 11) is 0. The number of aryl methyl sites for hydroxylation is 3. The van der Waals surface area contributed by atoms with Crippen LogP contribution in [0.1, 0.15) is 30.4 Å². The number of hydrogen-bond donors (Lipinski definition) is 1.